The number of carbonyl (C=O) groups is 1. The highest BCUT2D eigenvalue weighted by Crippen LogP contribution is 2.20. The number of nitrogens with zero attached hydrogens (tertiary/aromatic N) is 1. The first-order chi connectivity index (χ1) is 9.25. The van der Waals surface area contributed by atoms with Gasteiger partial charge in [0.2, 0.25) is 0 Å². The molecule has 0 bridgehead atoms. The summed E-state index contributed by atoms with van der Waals surface area (Å²) in [5.41, 5.74) is 1.73. The molecule has 2 aromatic heterocycles. The van der Waals surface area contributed by atoms with Crippen LogP contribution >= 0.6 is 0 Å². The number of benzene rings is 1. The van der Waals surface area contributed by atoms with E-state index in [1.807, 2.05) is 48.1 Å². The Hall–Kier alpha value is -2.49. The van der Waals surface area contributed by atoms with Crippen molar-refractivity contribution in [2.75, 3.05) is 0 Å². The second-order valence-corrected chi connectivity index (χ2v) is 4.43. The molecule has 2 heterocycles. The van der Waals surface area contributed by atoms with Crippen molar-refractivity contribution in [2.45, 2.75) is 6.54 Å². The number of aromatic nitrogens is 1. The maximum atomic E-state index is 12.2. The zero-order chi connectivity index (χ0) is 13.2. The summed E-state index contributed by atoms with van der Waals surface area (Å²) >= 11 is 0. The van der Waals surface area contributed by atoms with Crippen LogP contribution in [0.2, 0.25) is 0 Å². The topological polar surface area (TPSA) is 47.2 Å². The molecule has 1 N–H and O–H groups in total. The Kier molecular flexibility index (Phi) is 2.83. The molecule has 0 aliphatic heterocycles. The van der Waals surface area contributed by atoms with Crippen LogP contribution in [-0.2, 0) is 13.6 Å². The molecule has 0 spiro atoms. The number of fused-ring (bicyclic) bond motifs is 1. The van der Waals surface area contributed by atoms with Gasteiger partial charge in [-0.05, 0) is 18.2 Å². The van der Waals surface area contributed by atoms with Gasteiger partial charge in [-0.1, -0.05) is 18.2 Å². The predicted molar refractivity (Wildman–Crippen MR) is 72.8 cm³/mol. The SMILES string of the molecule is Cn1cc(C(=O)NCc2ccco2)c2ccccc21. The number of hydrogen-bond acceptors (Lipinski definition) is 2. The van der Waals surface area contributed by atoms with E-state index in [1.165, 1.54) is 0 Å². The minimum atomic E-state index is -0.0896. The summed E-state index contributed by atoms with van der Waals surface area (Å²) in [7, 11) is 1.94. The van der Waals surface area contributed by atoms with E-state index in [0.29, 0.717) is 12.1 Å². The molecule has 0 fully saturated rings. The van der Waals surface area contributed by atoms with Crippen LogP contribution in [0.5, 0.6) is 0 Å². The second kappa shape index (κ2) is 4.65. The molecular formula is C15H14N2O2. The number of para-hydroxylation sites is 1. The highest BCUT2D eigenvalue weighted by atomic mass is 16.3. The molecule has 1 amide bonds. The average Bonchev–Trinajstić information content (AvgIpc) is 3.05. The Morgan fingerprint density at radius 1 is 1.26 bits per heavy atom. The van der Waals surface area contributed by atoms with Gasteiger partial charge in [-0.3, -0.25) is 4.79 Å². The molecule has 0 unspecified atom stereocenters. The van der Waals surface area contributed by atoms with E-state index in [0.717, 1.165) is 16.7 Å². The van der Waals surface area contributed by atoms with Crippen LogP contribution in [-0.4, -0.2) is 10.5 Å². The molecule has 4 heteroatoms. The molecule has 1 aromatic carbocycles. The highest BCUT2D eigenvalue weighted by Gasteiger charge is 2.13. The van der Waals surface area contributed by atoms with Crippen molar-refractivity contribution in [1.82, 2.24) is 9.88 Å². The summed E-state index contributed by atoms with van der Waals surface area (Å²) in [6.07, 6.45) is 3.45. The van der Waals surface area contributed by atoms with Crippen molar-refractivity contribution in [3.8, 4) is 0 Å². The van der Waals surface area contributed by atoms with E-state index >= 15 is 0 Å². The standard InChI is InChI=1S/C15H14N2O2/c1-17-10-13(12-6-2-3-7-14(12)17)15(18)16-9-11-5-4-8-19-11/h2-8,10H,9H2,1H3,(H,16,18). The van der Waals surface area contributed by atoms with Crippen LogP contribution in [0.4, 0.5) is 0 Å². The quantitative estimate of drug-likeness (QED) is 0.781. The van der Waals surface area contributed by atoms with Crippen LogP contribution in [0.1, 0.15) is 16.1 Å². The molecule has 4 nitrogen and oxygen atoms in total. The Labute approximate surface area is 110 Å². The summed E-state index contributed by atoms with van der Waals surface area (Å²) in [5.74, 6) is 0.654. The van der Waals surface area contributed by atoms with Gasteiger partial charge in [0.25, 0.3) is 5.91 Å². The van der Waals surface area contributed by atoms with E-state index < -0.39 is 0 Å². The van der Waals surface area contributed by atoms with Crippen LogP contribution in [0.15, 0.2) is 53.3 Å². The fourth-order valence-corrected chi connectivity index (χ4v) is 2.20. The molecular weight excluding hydrogens is 240 g/mol. The second-order valence-electron chi connectivity index (χ2n) is 4.43. The molecule has 0 aliphatic carbocycles. The van der Waals surface area contributed by atoms with Gasteiger partial charge < -0.3 is 14.3 Å². The lowest BCUT2D eigenvalue weighted by Gasteiger charge is -2.01. The van der Waals surface area contributed by atoms with Crippen LogP contribution in [0, 0.1) is 0 Å². The summed E-state index contributed by atoms with van der Waals surface area (Å²) < 4.78 is 7.15. The van der Waals surface area contributed by atoms with E-state index in [4.69, 9.17) is 4.42 Å². The van der Waals surface area contributed by atoms with Gasteiger partial charge >= 0.3 is 0 Å². The minimum absolute atomic E-state index is 0.0896. The largest absolute Gasteiger partial charge is 0.467 e. The fourth-order valence-electron chi connectivity index (χ4n) is 2.20. The third-order valence-electron chi connectivity index (χ3n) is 3.14. The molecule has 0 saturated heterocycles. The molecule has 0 atom stereocenters. The number of nitrogens with one attached hydrogen (secondary N) is 1. The van der Waals surface area contributed by atoms with E-state index in [-0.39, 0.29) is 5.91 Å². The van der Waals surface area contributed by atoms with Crippen LogP contribution < -0.4 is 5.32 Å². The Bertz CT molecular complexity index is 711. The molecule has 0 aliphatic rings. The van der Waals surface area contributed by atoms with Crippen molar-refractivity contribution < 1.29 is 9.21 Å². The summed E-state index contributed by atoms with van der Waals surface area (Å²) in [6.45, 7) is 0.398. The van der Waals surface area contributed by atoms with Crippen LogP contribution in [0.3, 0.4) is 0 Å². The Morgan fingerprint density at radius 3 is 2.89 bits per heavy atom. The maximum absolute atomic E-state index is 12.2. The molecule has 3 aromatic rings. The maximum Gasteiger partial charge on any atom is 0.253 e. The number of aryl methyl sites for hydroxylation is 1. The lowest BCUT2D eigenvalue weighted by Crippen LogP contribution is -2.22. The van der Waals surface area contributed by atoms with E-state index in [1.54, 1.807) is 12.3 Å². The average molecular weight is 254 g/mol. The van der Waals surface area contributed by atoms with Gasteiger partial charge in [0, 0.05) is 24.1 Å². The van der Waals surface area contributed by atoms with Gasteiger partial charge in [0.15, 0.2) is 0 Å². The van der Waals surface area contributed by atoms with Gasteiger partial charge in [0.05, 0.1) is 18.4 Å². The van der Waals surface area contributed by atoms with Crippen molar-refractivity contribution >= 4 is 16.8 Å². The van der Waals surface area contributed by atoms with Crippen molar-refractivity contribution in [1.29, 1.82) is 0 Å². The number of hydrogen-bond donors (Lipinski definition) is 1. The number of furan rings is 1. The van der Waals surface area contributed by atoms with Gasteiger partial charge in [0.1, 0.15) is 5.76 Å². The summed E-state index contributed by atoms with van der Waals surface area (Å²) in [5, 5.41) is 3.82. The number of amides is 1. The lowest BCUT2D eigenvalue weighted by molar-refractivity contribution is 0.0949. The van der Waals surface area contributed by atoms with Gasteiger partial charge in [-0.25, -0.2) is 0 Å². The summed E-state index contributed by atoms with van der Waals surface area (Å²) in [6, 6.07) is 11.5. The molecule has 0 radical (unpaired) electrons. The number of rotatable bonds is 3. The lowest BCUT2D eigenvalue weighted by atomic mass is 10.1. The van der Waals surface area contributed by atoms with Gasteiger partial charge in [-0.15, -0.1) is 0 Å². The smallest absolute Gasteiger partial charge is 0.253 e. The zero-order valence-electron chi connectivity index (χ0n) is 10.6. The van der Waals surface area contributed by atoms with E-state index in [2.05, 4.69) is 5.32 Å². The fraction of sp³-hybridized carbons (Fsp3) is 0.133. The first-order valence-corrected chi connectivity index (χ1v) is 6.10. The van der Waals surface area contributed by atoms with E-state index in [9.17, 15) is 4.79 Å². The molecule has 0 saturated carbocycles. The number of carbonyl (C=O) groups excluding carboxylic acids is 1. The molecule has 96 valence electrons. The first-order valence-electron chi connectivity index (χ1n) is 6.10. The Morgan fingerprint density at radius 2 is 2.11 bits per heavy atom. The predicted octanol–water partition coefficient (Wildman–Crippen LogP) is 2.70. The first kappa shape index (κ1) is 11.6. The monoisotopic (exact) mass is 254 g/mol. The van der Waals surface area contributed by atoms with Crippen molar-refractivity contribution in [3.63, 3.8) is 0 Å². The third-order valence-corrected chi connectivity index (χ3v) is 3.14. The molecule has 19 heavy (non-hydrogen) atoms. The normalized spacial score (nSPS) is 10.8. The zero-order valence-corrected chi connectivity index (χ0v) is 10.6. The minimum Gasteiger partial charge on any atom is -0.467 e. The Balaban J connectivity index is 1.85. The van der Waals surface area contributed by atoms with Crippen molar-refractivity contribution in [3.05, 3.63) is 60.2 Å². The van der Waals surface area contributed by atoms with Crippen molar-refractivity contribution in [2.24, 2.45) is 7.05 Å². The summed E-state index contributed by atoms with van der Waals surface area (Å²) in [4.78, 5) is 12.2. The molecule has 3 rings (SSSR count). The highest BCUT2D eigenvalue weighted by molar-refractivity contribution is 6.06. The van der Waals surface area contributed by atoms with Crippen LogP contribution in [0.25, 0.3) is 10.9 Å². The third kappa shape index (κ3) is 2.12. The van der Waals surface area contributed by atoms with Gasteiger partial charge in [-0.2, -0.15) is 0 Å².